The molecule has 3 aromatic carbocycles. The Kier molecular flexibility index (Phi) is 10.2. The SMILES string of the molecule is CCC(C)NC(=O)C(C)N(Cc1cccc(Cl)c1)C(=O)CN(c1ccc(C)cc1)S(=O)(=O)c1ccc(C)cc1. The normalized spacial score (nSPS) is 12.9. The van der Waals surface area contributed by atoms with Crippen molar-refractivity contribution in [1.82, 2.24) is 10.2 Å². The molecular weight excluding hydrogens is 534 g/mol. The number of halogens is 1. The average Bonchev–Trinajstić information content (AvgIpc) is 2.90. The highest BCUT2D eigenvalue weighted by Gasteiger charge is 2.32. The average molecular weight is 570 g/mol. The Balaban J connectivity index is 2.02. The summed E-state index contributed by atoms with van der Waals surface area (Å²) in [6.45, 7) is 8.86. The Morgan fingerprint density at radius 3 is 2.08 bits per heavy atom. The van der Waals surface area contributed by atoms with Crippen LogP contribution in [-0.4, -0.2) is 43.8 Å². The van der Waals surface area contributed by atoms with Crippen molar-refractivity contribution in [3.63, 3.8) is 0 Å². The number of anilines is 1. The lowest BCUT2D eigenvalue weighted by atomic mass is 10.1. The topological polar surface area (TPSA) is 86.8 Å². The number of aryl methyl sites for hydroxylation is 2. The molecule has 9 heteroatoms. The second-order valence-corrected chi connectivity index (χ2v) is 12.1. The molecule has 0 aromatic heterocycles. The Bertz CT molecular complexity index is 1390. The van der Waals surface area contributed by atoms with Crippen molar-refractivity contribution in [3.05, 3.63) is 94.5 Å². The fraction of sp³-hybridized carbons (Fsp3) is 0.333. The summed E-state index contributed by atoms with van der Waals surface area (Å²) in [5, 5.41) is 3.42. The number of benzene rings is 3. The van der Waals surface area contributed by atoms with Crippen molar-refractivity contribution in [2.45, 2.75) is 64.6 Å². The maximum Gasteiger partial charge on any atom is 0.264 e. The van der Waals surface area contributed by atoms with E-state index in [0.29, 0.717) is 10.7 Å². The van der Waals surface area contributed by atoms with Crippen molar-refractivity contribution in [2.75, 3.05) is 10.8 Å². The molecule has 2 atom stereocenters. The molecule has 1 N–H and O–H groups in total. The van der Waals surface area contributed by atoms with E-state index >= 15 is 0 Å². The van der Waals surface area contributed by atoms with E-state index in [-0.39, 0.29) is 23.4 Å². The quantitative estimate of drug-likeness (QED) is 0.331. The van der Waals surface area contributed by atoms with Crippen LogP contribution in [0.25, 0.3) is 0 Å². The highest BCUT2D eigenvalue weighted by Crippen LogP contribution is 2.25. The third kappa shape index (κ3) is 7.83. The number of carbonyl (C=O) groups excluding carboxylic acids is 2. The largest absolute Gasteiger partial charge is 0.352 e. The Morgan fingerprint density at radius 1 is 0.923 bits per heavy atom. The van der Waals surface area contributed by atoms with E-state index in [4.69, 9.17) is 11.6 Å². The van der Waals surface area contributed by atoms with E-state index in [2.05, 4.69) is 5.32 Å². The van der Waals surface area contributed by atoms with Crippen molar-refractivity contribution >= 4 is 39.1 Å². The zero-order chi connectivity index (χ0) is 28.7. The molecule has 208 valence electrons. The van der Waals surface area contributed by atoms with Gasteiger partial charge < -0.3 is 10.2 Å². The van der Waals surface area contributed by atoms with Crippen LogP contribution in [0.1, 0.15) is 43.9 Å². The number of nitrogens with zero attached hydrogens (tertiary/aromatic N) is 2. The van der Waals surface area contributed by atoms with Crippen LogP contribution < -0.4 is 9.62 Å². The standard InChI is InChI=1S/C30H36ClN3O4S/c1-6-23(4)32-30(36)24(5)33(19-25-8-7-9-26(31)18-25)29(35)20-34(27-14-10-21(2)11-15-27)39(37,38)28-16-12-22(3)13-17-28/h7-18,23-24H,6,19-20H2,1-5H3,(H,32,36). The van der Waals surface area contributed by atoms with Crippen LogP contribution in [0.2, 0.25) is 5.02 Å². The summed E-state index contributed by atoms with van der Waals surface area (Å²) >= 11 is 6.18. The van der Waals surface area contributed by atoms with Crippen molar-refractivity contribution < 1.29 is 18.0 Å². The van der Waals surface area contributed by atoms with Crippen LogP contribution in [0.4, 0.5) is 5.69 Å². The van der Waals surface area contributed by atoms with Crippen molar-refractivity contribution in [2.24, 2.45) is 0 Å². The smallest absolute Gasteiger partial charge is 0.264 e. The molecule has 0 fully saturated rings. The number of rotatable bonds is 11. The molecule has 0 saturated carbocycles. The van der Waals surface area contributed by atoms with Crippen LogP contribution in [0.5, 0.6) is 0 Å². The number of amides is 2. The van der Waals surface area contributed by atoms with Gasteiger partial charge in [0.25, 0.3) is 10.0 Å². The molecule has 39 heavy (non-hydrogen) atoms. The molecule has 0 spiro atoms. The highest BCUT2D eigenvalue weighted by molar-refractivity contribution is 7.92. The van der Waals surface area contributed by atoms with Gasteiger partial charge in [-0.2, -0.15) is 0 Å². The number of hydrogen-bond donors (Lipinski definition) is 1. The monoisotopic (exact) mass is 569 g/mol. The first-order valence-corrected chi connectivity index (χ1v) is 14.7. The van der Waals surface area contributed by atoms with Gasteiger partial charge in [-0.1, -0.05) is 66.0 Å². The molecule has 0 aliphatic heterocycles. The van der Waals surface area contributed by atoms with Crippen LogP contribution in [0.3, 0.4) is 0 Å². The lowest BCUT2D eigenvalue weighted by molar-refractivity contribution is -0.139. The van der Waals surface area contributed by atoms with Gasteiger partial charge in [-0.05, 0) is 76.1 Å². The summed E-state index contributed by atoms with van der Waals surface area (Å²) in [5.74, 6) is -0.832. The minimum atomic E-state index is -4.10. The zero-order valence-electron chi connectivity index (χ0n) is 23.0. The van der Waals surface area contributed by atoms with Crippen LogP contribution in [-0.2, 0) is 26.2 Å². The van der Waals surface area contributed by atoms with E-state index in [0.717, 1.165) is 27.4 Å². The molecule has 0 saturated heterocycles. The third-order valence-corrected chi connectivity index (χ3v) is 8.64. The molecule has 3 rings (SSSR count). The van der Waals surface area contributed by atoms with Gasteiger partial charge >= 0.3 is 0 Å². The fourth-order valence-corrected chi connectivity index (χ4v) is 5.58. The van der Waals surface area contributed by atoms with E-state index < -0.39 is 28.5 Å². The zero-order valence-corrected chi connectivity index (χ0v) is 24.6. The summed E-state index contributed by atoms with van der Waals surface area (Å²) in [5.41, 5.74) is 2.95. The van der Waals surface area contributed by atoms with Gasteiger partial charge in [-0.25, -0.2) is 8.42 Å². The van der Waals surface area contributed by atoms with Gasteiger partial charge in [-0.3, -0.25) is 13.9 Å². The summed E-state index contributed by atoms with van der Waals surface area (Å²) in [7, 11) is -4.10. The predicted octanol–water partition coefficient (Wildman–Crippen LogP) is 5.48. The summed E-state index contributed by atoms with van der Waals surface area (Å²) < 4.78 is 28.8. The maximum atomic E-state index is 13.9. The fourth-order valence-electron chi connectivity index (χ4n) is 3.96. The molecule has 0 aliphatic rings. The molecular formula is C30H36ClN3O4S. The van der Waals surface area contributed by atoms with Crippen molar-refractivity contribution in [3.8, 4) is 0 Å². The van der Waals surface area contributed by atoms with Crippen LogP contribution in [0.15, 0.2) is 77.7 Å². The van der Waals surface area contributed by atoms with E-state index in [9.17, 15) is 18.0 Å². The summed E-state index contributed by atoms with van der Waals surface area (Å²) in [4.78, 5) is 28.5. The molecule has 2 unspecified atom stereocenters. The molecule has 3 aromatic rings. The molecule has 7 nitrogen and oxygen atoms in total. The lowest BCUT2D eigenvalue weighted by Crippen LogP contribution is -2.52. The van der Waals surface area contributed by atoms with Gasteiger partial charge in [0.2, 0.25) is 11.8 Å². The molecule has 0 bridgehead atoms. The second-order valence-electron chi connectivity index (χ2n) is 9.81. The van der Waals surface area contributed by atoms with E-state index in [1.807, 2.05) is 33.8 Å². The summed E-state index contributed by atoms with van der Waals surface area (Å²) in [6.07, 6.45) is 0.733. The van der Waals surface area contributed by atoms with E-state index in [1.165, 1.54) is 17.0 Å². The van der Waals surface area contributed by atoms with Gasteiger partial charge in [-0.15, -0.1) is 0 Å². The molecule has 0 aliphatic carbocycles. The van der Waals surface area contributed by atoms with Crippen LogP contribution in [0, 0.1) is 13.8 Å². The number of hydrogen-bond acceptors (Lipinski definition) is 4. The van der Waals surface area contributed by atoms with Gasteiger partial charge in [0.15, 0.2) is 0 Å². The highest BCUT2D eigenvalue weighted by atomic mass is 35.5. The molecule has 0 heterocycles. The van der Waals surface area contributed by atoms with Gasteiger partial charge in [0, 0.05) is 17.6 Å². The van der Waals surface area contributed by atoms with Gasteiger partial charge in [0.1, 0.15) is 12.6 Å². The second kappa shape index (κ2) is 13.1. The van der Waals surface area contributed by atoms with Gasteiger partial charge in [0.05, 0.1) is 10.6 Å². The third-order valence-electron chi connectivity index (χ3n) is 6.62. The van der Waals surface area contributed by atoms with Crippen molar-refractivity contribution in [1.29, 1.82) is 0 Å². The van der Waals surface area contributed by atoms with Crippen LogP contribution >= 0.6 is 11.6 Å². The summed E-state index contributed by atoms with van der Waals surface area (Å²) in [6, 6.07) is 19.5. The minimum absolute atomic E-state index is 0.0745. The number of carbonyl (C=O) groups is 2. The first-order chi connectivity index (χ1) is 18.4. The number of sulfonamides is 1. The lowest BCUT2D eigenvalue weighted by Gasteiger charge is -2.32. The van der Waals surface area contributed by atoms with E-state index in [1.54, 1.807) is 61.5 Å². The molecule has 2 amide bonds. The number of nitrogens with one attached hydrogen (secondary N) is 1. The Hall–Kier alpha value is -3.36. The Labute approximate surface area is 236 Å². The first kappa shape index (κ1) is 30.2. The molecule has 0 radical (unpaired) electrons. The maximum absolute atomic E-state index is 13.9. The minimum Gasteiger partial charge on any atom is -0.352 e. The predicted molar refractivity (Wildman–Crippen MR) is 156 cm³/mol. The first-order valence-electron chi connectivity index (χ1n) is 12.9. The Morgan fingerprint density at radius 2 is 1.51 bits per heavy atom.